The van der Waals surface area contributed by atoms with Gasteiger partial charge in [-0.25, -0.2) is 21.9 Å². The normalized spacial score (nSPS) is 11.6. The van der Waals surface area contributed by atoms with Crippen molar-refractivity contribution in [1.82, 2.24) is 4.72 Å². The van der Waals surface area contributed by atoms with E-state index in [-0.39, 0.29) is 22.9 Å². The van der Waals surface area contributed by atoms with Crippen molar-refractivity contribution < 1.29 is 22.0 Å². The molecule has 0 bridgehead atoms. The van der Waals surface area contributed by atoms with Crippen molar-refractivity contribution in [2.45, 2.75) is 18.7 Å². The van der Waals surface area contributed by atoms with Gasteiger partial charge in [-0.15, -0.1) is 0 Å². The summed E-state index contributed by atoms with van der Waals surface area (Å²) in [5.74, 6) is -2.54. The molecule has 0 fully saturated rings. The third-order valence-corrected chi connectivity index (χ3v) is 4.71. The minimum absolute atomic E-state index is 0.0323. The highest BCUT2D eigenvalue weighted by Crippen LogP contribution is 2.20. The van der Waals surface area contributed by atoms with E-state index in [4.69, 9.17) is 0 Å². The quantitative estimate of drug-likeness (QED) is 0.822. The number of nitrogens with one attached hydrogen (secondary N) is 2. The minimum atomic E-state index is -3.78. The molecule has 0 unspecified atom stereocenters. The van der Waals surface area contributed by atoms with Crippen LogP contribution in [-0.4, -0.2) is 20.9 Å². The summed E-state index contributed by atoms with van der Waals surface area (Å²) in [5, 5.41) is 2.12. The van der Waals surface area contributed by atoms with Crippen LogP contribution in [0.25, 0.3) is 0 Å². The van der Waals surface area contributed by atoms with Crippen LogP contribution in [0.15, 0.2) is 47.4 Å². The second-order valence-corrected chi connectivity index (χ2v) is 7.59. The Kier molecular flexibility index (Phi) is 5.86. The van der Waals surface area contributed by atoms with Gasteiger partial charge >= 0.3 is 0 Å². The molecule has 2 aromatic rings. The number of carbonyl (C=O) groups excluding carboxylic acids is 1. The number of para-hydroxylation sites is 1. The summed E-state index contributed by atoms with van der Waals surface area (Å²) in [4.78, 5) is 12.1. The Morgan fingerprint density at radius 3 is 2.28 bits per heavy atom. The Morgan fingerprint density at radius 2 is 1.68 bits per heavy atom. The molecule has 0 heterocycles. The molecule has 5 nitrogen and oxygen atoms in total. The molecule has 2 rings (SSSR count). The van der Waals surface area contributed by atoms with E-state index in [0.29, 0.717) is 0 Å². The van der Waals surface area contributed by atoms with Gasteiger partial charge in [-0.2, -0.15) is 0 Å². The summed E-state index contributed by atoms with van der Waals surface area (Å²) >= 11 is 0. The minimum Gasteiger partial charge on any atom is -0.317 e. The van der Waals surface area contributed by atoms with Gasteiger partial charge in [0.15, 0.2) is 0 Å². The van der Waals surface area contributed by atoms with E-state index in [1.54, 1.807) is 0 Å². The number of amides is 1. The molecule has 0 saturated carbocycles. The average molecular weight is 368 g/mol. The fourth-order valence-electron chi connectivity index (χ4n) is 1.97. The molecule has 2 aromatic carbocycles. The predicted molar refractivity (Wildman–Crippen MR) is 90.8 cm³/mol. The molecule has 0 saturated heterocycles. The first kappa shape index (κ1) is 19.0. The molecule has 8 heteroatoms. The number of sulfonamides is 1. The third-order valence-electron chi connectivity index (χ3n) is 3.29. The summed E-state index contributed by atoms with van der Waals surface area (Å²) in [6, 6.07) is 8.42. The Morgan fingerprint density at radius 1 is 1.08 bits per heavy atom. The van der Waals surface area contributed by atoms with E-state index < -0.39 is 33.3 Å². The van der Waals surface area contributed by atoms with Crippen LogP contribution in [0.1, 0.15) is 24.2 Å². The van der Waals surface area contributed by atoms with Crippen LogP contribution < -0.4 is 10.0 Å². The molecule has 0 atom stereocenters. The van der Waals surface area contributed by atoms with Crippen molar-refractivity contribution >= 4 is 21.6 Å². The molecule has 0 aromatic heterocycles. The number of benzene rings is 2. The number of anilines is 1. The van der Waals surface area contributed by atoms with Gasteiger partial charge in [-0.05, 0) is 36.2 Å². The second-order valence-electron chi connectivity index (χ2n) is 5.82. The maximum Gasteiger partial charge on any atom is 0.255 e. The lowest BCUT2D eigenvalue weighted by molar-refractivity contribution is 0.102. The number of hydrogen-bond acceptors (Lipinski definition) is 3. The van der Waals surface area contributed by atoms with Crippen LogP contribution in [0, 0.1) is 17.6 Å². The molecular formula is C17H18F2N2O3S. The van der Waals surface area contributed by atoms with E-state index in [0.717, 1.165) is 18.2 Å². The summed E-state index contributed by atoms with van der Waals surface area (Å²) < 4.78 is 54.1. The molecule has 2 N–H and O–H groups in total. The van der Waals surface area contributed by atoms with Crippen LogP contribution in [-0.2, 0) is 10.0 Å². The lowest BCUT2D eigenvalue weighted by atomic mass is 10.2. The predicted octanol–water partition coefficient (Wildman–Crippen LogP) is 3.15. The van der Waals surface area contributed by atoms with E-state index in [1.807, 2.05) is 13.8 Å². The van der Waals surface area contributed by atoms with Crippen LogP contribution >= 0.6 is 0 Å². The number of hydrogen-bond donors (Lipinski definition) is 2. The highest BCUT2D eigenvalue weighted by atomic mass is 32.2. The van der Waals surface area contributed by atoms with Gasteiger partial charge in [0.05, 0.1) is 4.90 Å². The lowest BCUT2D eigenvalue weighted by Crippen LogP contribution is -2.27. The maximum absolute atomic E-state index is 13.6. The van der Waals surface area contributed by atoms with Gasteiger partial charge in [-0.1, -0.05) is 26.0 Å². The van der Waals surface area contributed by atoms with Crippen LogP contribution in [0.4, 0.5) is 14.5 Å². The zero-order chi connectivity index (χ0) is 18.6. The average Bonchev–Trinajstić information content (AvgIpc) is 2.56. The second kappa shape index (κ2) is 7.71. The number of halogens is 2. The molecule has 25 heavy (non-hydrogen) atoms. The van der Waals surface area contributed by atoms with Gasteiger partial charge in [0.25, 0.3) is 5.91 Å². The monoisotopic (exact) mass is 368 g/mol. The molecule has 0 aliphatic rings. The summed E-state index contributed by atoms with van der Waals surface area (Å²) in [7, 11) is -3.78. The van der Waals surface area contributed by atoms with Crippen molar-refractivity contribution in [3.05, 3.63) is 59.7 Å². The summed E-state index contributed by atoms with van der Waals surface area (Å²) in [6.45, 7) is 3.96. The standard InChI is InChI=1S/C17H18F2N2O3S/c1-11(2)10-20-25(23,24)13-6-3-5-12(9-13)17(22)21-16-14(18)7-4-8-15(16)19/h3-9,11,20H,10H2,1-2H3,(H,21,22). The van der Waals surface area contributed by atoms with Crippen LogP contribution in [0.3, 0.4) is 0 Å². The van der Waals surface area contributed by atoms with Crippen molar-refractivity contribution in [2.24, 2.45) is 5.92 Å². The van der Waals surface area contributed by atoms with Gasteiger partial charge in [0, 0.05) is 12.1 Å². The molecular weight excluding hydrogens is 350 g/mol. The molecule has 0 spiro atoms. The zero-order valence-corrected chi connectivity index (χ0v) is 14.5. The smallest absolute Gasteiger partial charge is 0.255 e. The Bertz CT molecular complexity index is 863. The van der Waals surface area contributed by atoms with E-state index >= 15 is 0 Å². The number of carbonyl (C=O) groups is 1. The van der Waals surface area contributed by atoms with E-state index in [9.17, 15) is 22.0 Å². The fourth-order valence-corrected chi connectivity index (χ4v) is 3.23. The topological polar surface area (TPSA) is 75.3 Å². The van der Waals surface area contributed by atoms with Gasteiger partial charge in [0.2, 0.25) is 10.0 Å². The molecule has 0 aliphatic carbocycles. The van der Waals surface area contributed by atoms with Crippen LogP contribution in [0.5, 0.6) is 0 Å². The molecule has 0 aliphatic heterocycles. The van der Waals surface area contributed by atoms with Gasteiger partial charge < -0.3 is 5.32 Å². The SMILES string of the molecule is CC(C)CNS(=O)(=O)c1cccc(C(=O)Nc2c(F)cccc2F)c1. The summed E-state index contributed by atoms with van der Waals surface area (Å²) in [6.07, 6.45) is 0. The van der Waals surface area contributed by atoms with E-state index in [1.165, 1.54) is 24.3 Å². The highest BCUT2D eigenvalue weighted by molar-refractivity contribution is 7.89. The summed E-state index contributed by atoms with van der Waals surface area (Å²) in [5.41, 5.74) is -0.617. The highest BCUT2D eigenvalue weighted by Gasteiger charge is 2.18. The Balaban J connectivity index is 2.25. The van der Waals surface area contributed by atoms with Crippen molar-refractivity contribution in [3.63, 3.8) is 0 Å². The van der Waals surface area contributed by atoms with Crippen molar-refractivity contribution in [1.29, 1.82) is 0 Å². The Hall–Kier alpha value is -2.32. The first-order valence-electron chi connectivity index (χ1n) is 7.56. The molecule has 1 amide bonds. The van der Waals surface area contributed by atoms with Gasteiger partial charge in [0.1, 0.15) is 17.3 Å². The maximum atomic E-state index is 13.6. The molecule has 134 valence electrons. The molecule has 0 radical (unpaired) electrons. The van der Waals surface area contributed by atoms with Crippen molar-refractivity contribution in [3.8, 4) is 0 Å². The Labute approximate surface area is 145 Å². The van der Waals surface area contributed by atoms with E-state index in [2.05, 4.69) is 10.0 Å². The number of rotatable bonds is 6. The van der Waals surface area contributed by atoms with Gasteiger partial charge in [-0.3, -0.25) is 4.79 Å². The first-order chi connectivity index (χ1) is 11.7. The third kappa shape index (κ3) is 4.83. The van der Waals surface area contributed by atoms with Crippen molar-refractivity contribution in [2.75, 3.05) is 11.9 Å². The lowest BCUT2D eigenvalue weighted by Gasteiger charge is -2.11. The largest absolute Gasteiger partial charge is 0.317 e. The zero-order valence-electron chi connectivity index (χ0n) is 13.7. The fraction of sp³-hybridized carbons (Fsp3) is 0.235. The first-order valence-corrected chi connectivity index (χ1v) is 9.04. The van der Waals surface area contributed by atoms with Crippen LogP contribution in [0.2, 0.25) is 0 Å².